The van der Waals surface area contributed by atoms with Crippen LogP contribution in [0.4, 0.5) is 0 Å². The van der Waals surface area contributed by atoms with Crippen molar-refractivity contribution in [2.24, 2.45) is 5.92 Å². The van der Waals surface area contributed by atoms with Gasteiger partial charge in [-0.15, -0.1) is 0 Å². The molecule has 0 aromatic heterocycles. The molecule has 136 valence electrons. The summed E-state index contributed by atoms with van der Waals surface area (Å²) in [4.78, 5) is 22.7. The Bertz CT molecular complexity index is 699. The van der Waals surface area contributed by atoms with Gasteiger partial charge in [0.15, 0.2) is 0 Å². The first kappa shape index (κ1) is 19.4. The lowest BCUT2D eigenvalue weighted by Crippen LogP contribution is -2.39. The van der Waals surface area contributed by atoms with E-state index >= 15 is 0 Å². The Kier molecular flexibility index (Phi) is 7.15. The second-order valence-corrected chi connectivity index (χ2v) is 6.64. The van der Waals surface area contributed by atoms with Crippen molar-refractivity contribution in [2.45, 2.75) is 32.2 Å². The molecule has 4 heteroatoms. The zero-order valence-electron chi connectivity index (χ0n) is 15.1. The summed E-state index contributed by atoms with van der Waals surface area (Å²) >= 11 is 0. The number of nitrogens with one attached hydrogen (secondary N) is 1. The Morgan fingerprint density at radius 3 is 1.85 bits per heavy atom. The molecule has 0 aliphatic rings. The van der Waals surface area contributed by atoms with Gasteiger partial charge in [-0.2, -0.15) is 0 Å². The quantitative estimate of drug-likeness (QED) is 0.707. The van der Waals surface area contributed by atoms with Gasteiger partial charge in [0.05, 0.1) is 0 Å². The summed E-state index contributed by atoms with van der Waals surface area (Å²) in [7, 11) is 0. The van der Waals surface area contributed by atoms with Gasteiger partial charge in [0.25, 0.3) is 0 Å². The second kappa shape index (κ2) is 9.56. The molecule has 1 amide bonds. The van der Waals surface area contributed by atoms with Crippen LogP contribution in [0.25, 0.3) is 0 Å². The lowest BCUT2D eigenvalue weighted by molar-refractivity contribution is -0.131. The number of carboxylic acid groups (broad SMARTS) is 1. The molecule has 1 unspecified atom stereocenters. The van der Waals surface area contributed by atoms with Gasteiger partial charge in [0.2, 0.25) is 5.91 Å². The number of rotatable bonds is 8. The summed E-state index contributed by atoms with van der Waals surface area (Å²) in [6, 6.07) is 20.4. The summed E-state index contributed by atoms with van der Waals surface area (Å²) in [6.45, 7) is 4.11. The van der Waals surface area contributed by atoms with Crippen LogP contribution in [0.1, 0.15) is 37.3 Å². The minimum atomic E-state index is -1.13. The highest BCUT2D eigenvalue weighted by atomic mass is 16.4. The van der Waals surface area contributed by atoms with Crippen molar-refractivity contribution in [3.05, 3.63) is 83.9 Å². The summed E-state index contributed by atoms with van der Waals surface area (Å²) in [5.74, 6) is -1.15. The zero-order valence-corrected chi connectivity index (χ0v) is 15.1. The van der Waals surface area contributed by atoms with Crippen LogP contribution in [0, 0.1) is 5.92 Å². The predicted molar refractivity (Wildman–Crippen MR) is 103 cm³/mol. The van der Waals surface area contributed by atoms with Gasteiger partial charge in [0.1, 0.15) is 0 Å². The molecule has 0 bridgehead atoms. The smallest absolute Gasteiger partial charge is 0.328 e. The van der Waals surface area contributed by atoms with Gasteiger partial charge < -0.3 is 10.4 Å². The molecular weight excluding hydrogens is 326 g/mol. The molecular formula is C22H25NO3. The van der Waals surface area contributed by atoms with E-state index in [1.165, 1.54) is 11.1 Å². The Hall–Kier alpha value is -2.88. The van der Waals surface area contributed by atoms with E-state index in [2.05, 4.69) is 43.4 Å². The number of carbonyl (C=O) groups is 2. The van der Waals surface area contributed by atoms with Crippen molar-refractivity contribution in [1.29, 1.82) is 0 Å². The number of aliphatic carboxylic acids is 1. The first-order chi connectivity index (χ1) is 12.5. The molecule has 4 nitrogen and oxygen atoms in total. The maximum absolute atomic E-state index is 12.1. The molecule has 0 aliphatic heterocycles. The lowest BCUT2D eigenvalue weighted by Gasteiger charge is -2.27. The normalized spacial score (nSPS) is 12.5. The van der Waals surface area contributed by atoms with Crippen molar-refractivity contribution in [1.82, 2.24) is 5.32 Å². The molecule has 0 aliphatic carbocycles. The number of carboxylic acids is 1. The van der Waals surface area contributed by atoms with E-state index in [4.69, 9.17) is 5.11 Å². The number of hydrogen-bond donors (Lipinski definition) is 2. The van der Waals surface area contributed by atoms with Crippen LogP contribution in [-0.2, 0) is 9.59 Å². The van der Waals surface area contributed by atoms with Gasteiger partial charge in [-0.05, 0) is 23.5 Å². The monoisotopic (exact) mass is 351 g/mol. The van der Waals surface area contributed by atoms with Crippen LogP contribution in [0.3, 0.4) is 0 Å². The molecule has 2 aromatic carbocycles. The minimum absolute atomic E-state index is 0.0774. The van der Waals surface area contributed by atoms with Gasteiger partial charge >= 0.3 is 5.97 Å². The standard InChI is InChI=1S/C22H25NO3/c1-16(2)20(23-21(24)13-14-22(25)26)15-19(17-9-5-3-6-10-17)18-11-7-4-8-12-18/h3-14,16,19-20H,15H2,1-2H3,(H,23,24)(H,25,26)/b14-13-. The number of carbonyl (C=O) groups excluding carboxylic acids is 1. The first-order valence-electron chi connectivity index (χ1n) is 8.78. The third-order valence-electron chi connectivity index (χ3n) is 4.40. The Morgan fingerprint density at radius 2 is 1.42 bits per heavy atom. The van der Waals surface area contributed by atoms with E-state index in [0.29, 0.717) is 0 Å². The summed E-state index contributed by atoms with van der Waals surface area (Å²) in [6.07, 6.45) is 2.66. The average molecular weight is 351 g/mol. The van der Waals surface area contributed by atoms with Crippen molar-refractivity contribution in [3.63, 3.8) is 0 Å². The SMILES string of the molecule is CC(C)C(CC(c1ccccc1)c1ccccc1)NC(=O)/C=C\C(=O)O. The minimum Gasteiger partial charge on any atom is -0.478 e. The molecule has 0 saturated heterocycles. The van der Waals surface area contributed by atoms with E-state index in [1.807, 2.05) is 36.4 Å². The molecule has 0 heterocycles. The van der Waals surface area contributed by atoms with Crippen LogP contribution >= 0.6 is 0 Å². The van der Waals surface area contributed by atoms with Crippen LogP contribution in [-0.4, -0.2) is 23.0 Å². The largest absolute Gasteiger partial charge is 0.478 e. The van der Waals surface area contributed by atoms with Crippen LogP contribution in [0.15, 0.2) is 72.8 Å². The molecule has 0 saturated carbocycles. The fourth-order valence-electron chi connectivity index (χ4n) is 2.96. The maximum atomic E-state index is 12.1. The molecule has 2 rings (SSSR count). The molecule has 2 aromatic rings. The first-order valence-corrected chi connectivity index (χ1v) is 8.78. The molecule has 1 atom stereocenters. The number of amides is 1. The molecule has 2 N–H and O–H groups in total. The highest BCUT2D eigenvalue weighted by molar-refractivity contribution is 5.94. The summed E-state index contributed by atoms with van der Waals surface area (Å²) in [5.41, 5.74) is 2.39. The van der Waals surface area contributed by atoms with Gasteiger partial charge in [-0.3, -0.25) is 4.79 Å². The van der Waals surface area contributed by atoms with Gasteiger partial charge in [-0.1, -0.05) is 74.5 Å². The van der Waals surface area contributed by atoms with E-state index in [-0.39, 0.29) is 23.8 Å². The third-order valence-corrected chi connectivity index (χ3v) is 4.40. The van der Waals surface area contributed by atoms with Gasteiger partial charge in [0, 0.05) is 24.1 Å². The van der Waals surface area contributed by atoms with E-state index in [0.717, 1.165) is 18.6 Å². The molecule has 0 spiro atoms. The Labute approximate surface area is 154 Å². The predicted octanol–water partition coefficient (Wildman–Crippen LogP) is 3.99. The van der Waals surface area contributed by atoms with Crippen molar-refractivity contribution in [2.75, 3.05) is 0 Å². The molecule has 26 heavy (non-hydrogen) atoms. The lowest BCUT2D eigenvalue weighted by atomic mass is 9.83. The van der Waals surface area contributed by atoms with Crippen LogP contribution in [0.5, 0.6) is 0 Å². The zero-order chi connectivity index (χ0) is 18.9. The van der Waals surface area contributed by atoms with Crippen LogP contribution in [0.2, 0.25) is 0 Å². The fourth-order valence-corrected chi connectivity index (χ4v) is 2.96. The second-order valence-electron chi connectivity index (χ2n) is 6.64. The molecule has 0 radical (unpaired) electrons. The van der Waals surface area contributed by atoms with Gasteiger partial charge in [-0.25, -0.2) is 4.79 Å². The summed E-state index contributed by atoms with van der Waals surface area (Å²) in [5, 5.41) is 11.6. The van der Waals surface area contributed by atoms with E-state index < -0.39 is 5.97 Å². The van der Waals surface area contributed by atoms with Crippen molar-refractivity contribution in [3.8, 4) is 0 Å². The van der Waals surface area contributed by atoms with Crippen LogP contribution < -0.4 is 5.32 Å². The number of hydrogen-bond acceptors (Lipinski definition) is 2. The topological polar surface area (TPSA) is 66.4 Å². The van der Waals surface area contributed by atoms with Crippen molar-refractivity contribution >= 4 is 11.9 Å². The average Bonchev–Trinajstić information content (AvgIpc) is 2.64. The summed E-state index contributed by atoms with van der Waals surface area (Å²) < 4.78 is 0. The Morgan fingerprint density at radius 1 is 0.923 bits per heavy atom. The fraction of sp³-hybridized carbons (Fsp3) is 0.273. The Balaban J connectivity index is 2.23. The maximum Gasteiger partial charge on any atom is 0.328 e. The highest BCUT2D eigenvalue weighted by Crippen LogP contribution is 2.30. The highest BCUT2D eigenvalue weighted by Gasteiger charge is 2.23. The van der Waals surface area contributed by atoms with E-state index in [9.17, 15) is 9.59 Å². The third kappa shape index (κ3) is 5.88. The van der Waals surface area contributed by atoms with E-state index in [1.54, 1.807) is 0 Å². The molecule has 0 fully saturated rings. The number of benzene rings is 2. The van der Waals surface area contributed by atoms with Crippen molar-refractivity contribution < 1.29 is 14.7 Å².